The highest BCUT2D eigenvalue weighted by atomic mass is 32.2. The molecule has 0 bridgehead atoms. The van der Waals surface area contributed by atoms with Crippen LogP contribution in [0.3, 0.4) is 0 Å². The van der Waals surface area contributed by atoms with E-state index in [1.54, 1.807) is 18.2 Å². The number of carbonyl (C=O) groups excluding carboxylic acids is 1. The number of hydrogen-bond acceptors (Lipinski definition) is 6. The number of aromatic nitrogens is 2. The van der Waals surface area contributed by atoms with Crippen LogP contribution in [0, 0.1) is 0 Å². The Balaban J connectivity index is 1.36. The summed E-state index contributed by atoms with van der Waals surface area (Å²) in [7, 11) is -3.81. The summed E-state index contributed by atoms with van der Waals surface area (Å²) in [4.78, 5) is 13.2. The van der Waals surface area contributed by atoms with E-state index in [2.05, 4.69) is 15.5 Å². The van der Waals surface area contributed by atoms with Crippen LogP contribution in [0.1, 0.15) is 12.8 Å². The Morgan fingerprint density at radius 3 is 2.53 bits per heavy atom. The summed E-state index contributed by atoms with van der Waals surface area (Å²) in [6, 6.07) is 21.4. The highest BCUT2D eigenvalue weighted by molar-refractivity contribution is 7.89. The fraction of sp³-hybridized carbons (Fsp3) is 0.174. The van der Waals surface area contributed by atoms with Crippen molar-refractivity contribution in [3.63, 3.8) is 0 Å². The molecule has 1 aliphatic heterocycles. The zero-order valence-electron chi connectivity index (χ0n) is 17.0. The Morgan fingerprint density at radius 2 is 1.72 bits per heavy atom. The van der Waals surface area contributed by atoms with Crippen molar-refractivity contribution in [3.05, 3.63) is 72.8 Å². The minimum atomic E-state index is -3.81. The van der Waals surface area contributed by atoms with Crippen LogP contribution in [0.25, 0.3) is 21.3 Å². The van der Waals surface area contributed by atoms with Crippen molar-refractivity contribution in [2.45, 2.75) is 23.8 Å². The van der Waals surface area contributed by atoms with E-state index in [0.717, 1.165) is 16.3 Å². The Kier molecular flexibility index (Phi) is 5.46. The summed E-state index contributed by atoms with van der Waals surface area (Å²) in [5.41, 5.74) is 0.909. The molecular weight excluding hydrogens is 444 g/mol. The van der Waals surface area contributed by atoms with Gasteiger partial charge in [0.15, 0.2) is 0 Å². The summed E-state index contributed by atoms with van der Waals surface area (Å²) in [5, 5.41) is 13.8. The van der Waals surface area contributed by atoms with Crippen LogP contribution >= 0.6 is 11.3 Å². The minimum absolute atomic E-state index is 0.193. The number of carbonyl (C=O) groups is 1. The molecule has 9 heteroatoms. The van der Waals surface area contributed by atoms with Crippen molar-refractivity contribution < 1.29 is 13.2 Å². The highest BCUT2D eigenvalue weighted by Gasteiger charge is 2.39. The third kappa shape index (κ3) is 3.90. The SMILES string of the molecule is O=C(Nc1nnc(-c2ccccc2)s1)[C@@H]1CCCN1S(=O)(=O)c1ccc2ccccc2c1. The van der Waals surface area contributed by atoms with Crippen molar-refractivity contribution >= 4 is 43.2 Å². The first kappa shape index (κ1) is 20.7. The molecule has 7 nitrogen and oxygen atoms in total. The number of benzene rings is 3. The molecule has 2 heterocycles. The zero-order valence-corrected chi connectivity index (χ0v) is 18.6. The maximum atomic E-state index is 13.4. The van der Waals surface area contributed by atoms with Crippen LogP contribution in [0.2, 0.25) is 0 Å². The Bertz CT molecular complexity index is 1390. The average Bonchev–Trinajstić information content (AvgIpc) is 3.50. The van der Waals surface area contributed by atoms with Crippen molar-refractivity contribution in [3.8, 4) is 10.6 Å². The summed E-state index contributed by atoms with van der Waals surface area (Å²) >= 11 is 1.26. The van der Waals surface area contributed by atoms with Crippen LogP contribution < -0.4 is 5.32 Å². The van der Waals surface area contributed by atoms with E-state index in [-0.39, 0.29) is 10.8 Å². The molecule has 1 fully saturated rings. The van der Waals surface area contributed by atoms with E-state index in [1.165, 1.54) is 15.6 Å². The Hall–Kier alpha value is -3.14. The van der Waals surface area contributed by atoms with Gasteiger partial charge in [0.1, 0.15) is 11.0 Å². The number of nitrogens with one attached hydrogen (secondary N) is 1. The second-order valence-electron chi connectivity index (χ2n) is 7.55. The largest absolute Gasteiger partial charge is 0.299 e. The maximum Gasteiger partial charge on any atom is 0.244 e. The van der Waals surface area contributed by atoms with Gasteiger partial charge in [0.05, 0.1) is 4.90 Å². The van der Waals surface area contributed by atoms with Crippen LogP contribution in [-0.2, 0) is 14.8 Å². The quantitative estimate of drug-likeness (QED) is 0.479. The molecule has 0 saturated carbocycles. The fourth-order valence-corrected chi connectivity index (χ4v) is 6.36. The average molecular weight is 465 g/mol. The number of anilines is 1. The van der Waals surface area contributed by atoms with Crippen molar-refractivity contribution in [1.82, 2.24) is 14.5 Å². The molecule has 0 unspecified atom stereocenters. The number of hydrogen-bond donors (Lipinski definition) is 1. The lowest BCUT2D eigenvalue weighted by atomic mass is 10.1. The molecular formula is C23H20N4O3S2. The molecule has 162 valence electrons. The number of sulfonamides is 1. The third-order valence-corrected chi connectivity index (χ3v) is 8.30. The van der Waals surface area contributed by atoms with Gasteiger partial charge in [-0.1, -0.05) is 72.0 Å². The maximum absolute atomic E-state index is 13.4. The molecule has 0 radical (unpaired) electrons. The third-order valence-electron chi connectivity index (χ3n) is 5.51. The lowest BCUT2D eigenvalue weighted by molar-refractivity contribution is -0.119. The van der Waals surface area contributed by atoms with Crippen LogP contribution in [0.15, 0.2) is 77.7 Å². The molecule has 0 spiro atoms. The monoisotopic (exact) mass is 464 g/mol. The Labute approximate surface area is 189 Å². The van der Waals surface area contributed by atoms with Gasteiger partial charge in [-0.2, -0.15) is 4.31 Å². The number of nitrogens with zero attached hydrogens (tertiary/aromatic N) is 3. The first-order valence-electron chi connectivity index (χ1n) is 10.2. The van der Waals surface area contributed by atoms with E-state index in [0.29, 0.717) is 29.5 Å². The van der Waals surface area contributed by atoms with Crippen molar-refractivity contribution in [2.24, 2.45) is 0 Å². The molecule has 32 heavy (non-hydrogen) atoms. The number of rotatable bonds is 5. The van der Waals surface area contributed by atoms with Gasteiger partial charge in [-0.15, -0.1) is 10.2 Å². The van der Waals surface area contributed by atoms with Crippen molar-refractivity contribution in [2.75, 3.05) is 11.9 Å². The predicted octanol–water partition coefficient (Wildman–Crippen LogP) is 4.15. The molecule has 3 aromatic carbocycles. The molecule has 1 aliphatic rings. The highest BCUT2D eigenvalue weighted by Crippen LogP contribution is 2.30. The fourth-order valence-electron chi connectivity index (χ4n) is 3.91. The van der Waals surface area contributed by atoms with Crippen LogP contribution in [0.4, 0.5) is 5.13 Å². The molecule has 0 aliphatic carbocycles. The van der Waals surface area contributed by atoms with Gasteiger partial charge in [-0.25, -0.2) is 8.42 Å². The number of amides is 1. The minimum Gasteiger partial charge on any atom is -0.299 e. The first-order chi connectivity index (χ1) is 15.5. The van der Waals surface area contributed by atoms with Crippen molar-refractivity contribution in [1.29, 1.82) is 0 Å². The smallest absolute Gasteiger partial charge is 0.244 e. The molecule has 1 aromatic heterocycles. The van der Waals surface area contributed by atoms with Gasteiger partial charge in [0, 0.05) is 12.1 Å². The van der Waals surface area contributed by atoms with E-state index in [4.69, 9.17) is 0 Å². The van der Waals surface area contributed by atoms with Crippen LogP contribution in [-0.4, -0.2) is 41.4 Å². The van der Waals surface area contributed by atoms with Gasteiger partial charge in [-0.3, -0.25) is 10.1 Å². The predicted molar refractivity (Wildman–Crippen MR) is 125 cm³/mol. The normalized spacial score (nSPS) is 16.9. The molecule has 5 rings (SSSR count). The summed E-state index contributed by atoms with van der Waals surface area (Å²) in [6.45, 7) is 0.304. The summed E-state index contributed by atoms with van der Waals surface area (Å²) in [6.07, 6.45) is 1.08. The molecule has 1 N–H and O–H groups in total. The van der Waals surface area contributed by atoms with Gasteiger partial charge in [-0.05, 0) is 35.7 Å². The second kappa shape index (κ2) is 8.42. The van der Waals surface area contributed by atoms with Gasteiger partial charge < -0.3 is 0 Å². The van der Waals surface area contributed by atoms with E-state index >= 15 is 0 Å². The molecule has 1 atom stereocenters. The van der Waals surface area contributed by atoms with Crippen LogP contribution in [0.5, 0.6) is 0 Å². The van der Waals surface area contributed by atoms with Gasteiger partial charge >= 0.3 is 0 Å². The van der Waals surface area contributed by atoms with E-state index in [9.17, 15) is 13.2 Å². The van der Waals surface area contributed by atoms with Gasteiger partial charge in [0.2, 0.25) is 21.1 Å². The number of fused-ring (bicyclic) bond motifs is 1. The lowest BCUT2D eigenvalue weighted by Gasteiger charge is -2.23. The van der Waals surface area contributed by atoms with E-state index < -0.39 is 16.1 Å². The molecule has 1 saturated heterocycles. The Morgan fingerprint density at radius 1 is 0.969 bits per heavy atom. The van der Waals surface area contributed by atoms with E-state index in [1.807, 2.05) is 54.6 Å². The summed E-state index contributed by atoms with van der Waals surface area (Å²) < 4.78 is 28.0. The topological polar surface area (TPSA) is 92.3 Å². The standard InChI is InChI=1S/C23H20N4O3S2/c28-21(24-23-26-25-22(31-23)17-8-2-1-3-9-17)20-11-6-14-27(20)32(29,30)19-13-12-16-7-4-5-10-18(16)15-19/h1-5,7-10,12-13,15,20H,6,11,14H2,(H,24,26,28)/t20-/m0/s1. The molecule has 1 amide bonds. The first-order valence-corrected chi connectivity index (χ1v) is 12.5. The zero-order chi connectivity index (χ0) is 22.1. The van der Waals surface area contributed by atoms with Gasteiger partial charge in [0.25, 0.3) is 0 Å². The molecule has 4 aromatic rings. The lowest BCUT2D eigenvalue weighted by Crippen LogP contribution is -2.43. The summed E-state index contributed by atoms with van der Waals surface area (Å²) in [5.74, 6) is -0.386. The second-order valence-corrected chi connectivity index (χ2v) is 10.4.